The second-order valence-electron chi connectivity index (χ2n) is 13.3. The van der Waals surface area contributed by atoms with Crippen LogP contribution in [0.5, 0.6) is 0 Å². The quantitative estimate of drug-likeness (QED) is 0.0879. The predicted octanol–water partition coefficient (Wildman–Crippen LogP) is 2.97. The van der Waals surface area contributed by atoms with E-state index in [1.165, 1.54) is 16.2 Å². The van der Waals surface area contributed by atoms with Crippen LogP contribution in [-0.4, -0.2) is 92.1 Å². The summed E-state index contributed by atoms with van der Waals surface area (Å²) in [5.74, 6) is -4.47. The number of thiazole rings is 1. The van der Waals surface area contributed by atoms with Gasteiger partial charge >= 0.3 is 5.97 Å². The number of amides is 5. The average Bonchev–Trinajstić information content (AvgIpc) is 3.85. The maximum absolute atomic E-state index is 14.3. The first kappa shape index (κ1) is 39.9. The molecule has 1 saturated heterocycles. The lowest BCUT2D eigenvalue weighted by Gasteiger charge is -2.37. The molecule has 4 atom stereocenters. The Morgan fingerprint density at radius 1 is 0.963 bits per heavy atom. The zero-order chi connectivity index (χ0) is 38.6. The van der Waals surface area contributed by atoms with Gasteiger partial charge in [-0.3, -0.25) is 28.8 Å². The van der Waals surface area contributed by atoms with Crippen molar-refractivity contribution in [2.45, 2.75) is 82.6 Å². The van der Waals surface area contributed by atoms with Crippen molar-refractivity contribution in [2.75, 3.05) is 12.4 Å². The van der Waals surface area contributed by atoms with E-state index in [1.807, 2.05) is 55.5 Å². The van der Waals surface area contributed by atoms with Gasteiger partial charge in [-0.15, -0.1) is 22.9 Å². The molecule has 2 aromatic carbocycles. The number of fused-ring (bicyclic) bond motifs is 1. The summed E-state index contributed by atoms with van der Waals surface area (Å²) in [6, 6.07) is 10.8. The topological polar surface area (TPSA) is 203 Å². The minimum atomic E-state index is -1.21. The average molecular weight is 778 g/mol. The lowest BCUT2D eigenvalue weighted by Crippen LogP contribution is -2.61. The van der Waals surface area contributed by atoms with Crippen LogP contribution < -0.4 is 21.3 Å². The third-order valence-corrected chi connectivity index (χ3v) is 10.2. The maximum Gasteiger partial charge on any atom is 0.303 e. The largest absolute Gasteiger partial charge is 0.481 e. The van der Waals surface area contributed by atoms with E-state index in [4.69, 9.17) is 11.6 Å². The van der Waals surface area contributed by atoms with Gasteiger partial charge in [0.1, 0.15) is 30.0 Å². The number of carbonyl (C=O) groups is 6. The summed E-state index contributed by atoms with van der Waals surface area (Å²) in [6.07, 6.45) is 2.83. The zero-order valence-electron chi connectivity index (χ0n) is 29.8. The number of halogens is 1. The molecule has 1 fully saturated rings. The molecule has 286 valence electrons. The third kappa shape index (κ3) is 10.9. The van der Waals surface area contributed by atoms with Crippen molar-refractivity contribution in [3.8, 4) is 0 Å². The number of aryl methyl sites for hydroxylation is 1. The summed E-state index contributed by atoms with van der Waals surface area (Å²) in [5.41, 5.74) is 5.81. The first-order valence-corrected chi connectivity index (χ1v) is 19.2. The normalized spacial score (nSPS) is 15.8. The molecule has 5 rings (SSSR count). The molecule has 3 heterocycles. The molecule has 1 aliphatic rings. The van der Waals surface area contributed by atoms with Gasteiger partial charge in [0.25, 0.3) is 0 Å². The van der Waals surface area contributed by atoms with Crippen molar-refractivity contribution in [1.82, 2.24) is 36.1 Å². The fourth-order valence-electron chi connectivity index (χ4n) is 6.47. The molecule has 0 spiro atoms. The number of carboxylic acids is 1. The lowest BCUT2D eigenvalue weighted by atomic mass is 9.97. The van der Waals surface area contributed by atoms with Crippen LogP contribution in [0.3, 0.4) is 0 Å². The molecule has 5 amide bonds. The molecular formula is C38H44ClN7O7S. The summed E-state index contributed by atoms with van der Waals surface area (Å²) in [6.45, 7) is 2.40. The first-order valence-electron chi connectivity index (χ1n) is 17.8. The number of hydrogen-bond donors (Lipinski definition) is 6. The number of rotatable bonds is 17. The van der Waals surface area contributed by atoms with Crippen LogP contribution in [0.2, 0.25) is 0 Å². The van der Waals surface area contributed by atoms with Crippen LogP contribution in [0, 0.1) is 6.92 Å². The highest BCUT2D eigenvalue weighted by atomic mass is 35.5. The minimum absolute atomic E-state index is 0.0592. The summed E-state index contributed by atoms with van der Waals surface area (Å²) in [5, 5.41) is 23.1. The van der Waals surface area contributed by atoms with E-state index >= 15 is 0 Å². The number of likely N-dealkylation sites (tertiary alicyclic amines) is 1. The summed E-state index contributed by atoms with van der Waals surface area (Å²) in [7, 11) is 0. The molecule has 16 heteroatoms. The van der Waals surface area contributed by atoms with Gasteiger partial charge < -0.3 is 36.3 Å². The van der Waals surface area contributed by atoms with Crippen LogP contribution in [0.25, 0.3) is 10.9 Å². The van der Waals surface area contributed by atoms with Gasteiger partial charge in [-0.25, -0.2) is 4.98 Å². The van der Waals surface area contributed by atoms with E-state index in [2.05, 4.69) is 31.2 Å². The summed E-state index contributed by atoms with van der Waals surface area (Å²) in [4.78, 5) is 88.3. The molecule has 6 N–H and O–H groups in total. The Kier molecular flexibility index (Phi) is 14.2. The Labute approximate surface area is 321 Å². The van der Waals surface area contributed by atoms with Gasteiger partial charge in [0.15, 0.2) is 0 Å². The summed E-state index contributed by atoms with van der Waals surface area (Å²) < 4.78 is 0. The smallest absolute Gasteiger partial charge is 0.303 e. The maximum atomic E-state index is 14.3. The summed E-state index contributed by atoms with van der Waals surface area (Å²) >= 11 is 7.03. The van der Waals surface area contributed by atoms with Gasteiger partial charge in [-0.1, -0.05) is 48.0 Å². The van der Waals surface area contributed by atoms with Gasteiger partial charge in [-0.2, -0.15) is 0 Å². The number of carbonyl (C=O) groups excluding carboxylic acids is 5. The molecule has 54 heavy (non-hydrogen) atoms. The monoisotopic (exact) mass is 777 g/mol. The van der Waals surface area contributed by atoms with Crippen molar-refractivity contribution in [2.24, 2.45) is 0 Å². The number of H-pyrrole nitrogens is 1. The first-order chi connectivity index (χ1) is 26.0. The molecular weight excluding hydrogens is 734 g/mol. The number of alkyl halides is 1. The van der Waals surface area contributed by atoms with Crippen LogP contribution in [-0.2, 0) is 48.2 Å². The van der Waals surface area contributed by atoms with Crippen molar-refractivity contribution in [3.63, 3.8) is 0 Å². The van der Waals surface area contributed by atoms with Crippen molar-refractivity contribution >= 4 is 69.3 Å². The van der Waals surface area contributed by atoms with Crippen LogP contribution in [0.4, 0.5) is 0 Å². The second-order valence-corrected chi connectivity index (χ2v) is 14.3. The van der Waals surface area contributed by atoms with Crippen LogP contribution >= 0.6 is 22.9 Å². The van der Waals surface area contributed by atoms with E-state index in [0.29, 0.717) is 18.5 Å². The van der Waals surface area contributed by atoms with Gasteiger partial charge in [0.05, 0.1) is 11.2 Å². The Balaban J connectivity index is 1.39. The minimum Gasteiger partial charge on any atom is -0.481 e. The number of aliphatic carboxylic acids is 1. The Bertz CT molecular complexity index is 1940. The number of aromatic amines is 1. The van der Waals surface area contributed by atoms with Crippen LogP contribution in [0.1, 0.15) is 54.5 Å². The standard InChI is InChI=1S/C38H44ClN7O7S/c1-23-9-11-24(12-10-23)19-41-35(50)31(17-26-21-54-22-42-26)44-36(51)30(16-25-20-40-28-7-3-2-6-27(25)28)45-37(52)32-8-4-5-15-46(32)38(53)29(13-14-34(48)49)43-33(47)18-39/h2-3,6-7,9-12,20-22,29-32,40H,4-5,8,13-19H2,1H3,(H,41,50)(H,43,47)(H,44,51)(H,45,52)(H,48,49)/t29?,30?,31?,32-/m0/s1. The highest BCUT2D eigenvalue weighted by Gasteiger charge is 2.38. The molecule has 14 nitrogen and oxygen atoms in total. The van der Waals surface area contributed by atoms with E-state index in [1.54, 1.807) is 17.1 Å². The van der Waals surface area contributed by atoms with Gasteiger partial charge in [-0.05, 0) is 49.8 Å². The number of aromatic nitrogens is 2. The number of nitrogens with zero attached hydrogens (tertiary/aromatic N) is 2. The number of benzene rings is 2. The Morgan fingerprint density at radius 2 is 1.72 bits per heavy atom. The molecule has 4 aromatic rings. The Hall–Kier alpha value is -5.28. The second kappa shape index (κ2) is 19.2. The third-order valence-electron chi connectivity index (χ3n) is 9.34. The molecule has 1 aliphatic heterocycles. The molecule has 0 aliphatic carbocycles. The number of para-hydroxylation sites is 1. The van der Waals surface area contributed by atoms with E-state index < -0.39 is 72.0 Å². The highest BCUT2D eigenvalue weighted by molar-refractivity contribution is 7.07. The van der Waals surface area contributed by atoms with Crippen molar-refractivity contribution < 1.29 is 33.9 Å². The fourth-order valence-corrected chi connectivity index (χ4v) is 7.12. The molecule has 0 radical (unpaired) electrons. The van der Waals surface area contributed by atoms with E-state index in [9.17, 15) is 33.9 Å². The van der Waals surface area contributed by atoms with Gasteiger partial charge in [0.2, 0.25) is 29.5 Å². The predicted molar refractivity (Wildman–Crippen MR) is 204 cm³/mol. The van der Waals surface area contributed by atoms with Crippen LogP contribution in [0.15, 0.2) is 65.6 Å². The fraction of sp³-hybridized carbons (Fsp3) is 0.395. The molecule has 3 unspecified atom stereocenters. The SMILES string of the molecule is Cc1ccc(CNC(=O)C(Cc2cscn2)NC(=O)C(Cc2c[nH]c3ccccc23)NC(=O)[C@@H]2CCCCN2C(=O)C(CCC(=O)O)NC(=O)CCl)cc1. The molecule has 2 aromatic heterocycles. The lowest BCUT2D eigenvalue weighted by molar-refractivity contribution is -0.146. The number of piperidine rings is 1. The molecule has 0 bridgehead atoms. The number of nitrogens with one attached hydrogen (secondary N) is 5. The number of hydrogen-bond acceptors (Lipinski definition) is 8. The molecule has 0 saturated carbocycles. The van der Waals surface area contributed by atoms with E-state index in [-0.39, 0.29) is 38.8 Å². The number of carboxylic acid groups (broad SMARTS) is 1. The van der Waals surface area contributed by atoms with E-state index in [0.717, 1.165) is 27.6 Å². The zero-order valence-corrected chi connectivity index (χ0v) is 31.4. The van der Waals surface area contributed by atoms with Crippen molar-refractivity contribution in [3.05, 3.63) is 88.0 Å². The van der Waals surface area contributed by atoms with Gasteiger partial charge in [0, 0.05) is 54.8 Å². The van der Waals surface area contributed by atoms with Crippen molar-refractivity contribution in [1.29, 1.82) is 0 Å². The highest BCUT2D eigenvalue weighted by Crippen LogP contribution is 2.22. The Morgan fingerprint density at radius 3 is 2.44 bits per heavy atom.